The molecule has 0 radical (unpaired) electrons. The van der Waals surface area contributed by atoms with Crippen molar-refractivity contribution >= 4 is 0 Å². The lowest BCUT2D eigenvalue weighted by atomic mass is 9.91. The van der Waals surface area contributed by atoms with Crippen LogP contribution in [0.25, 0.3) is 11.1 Å². The fourth-order valence-corrected chi connectivity index (χ4v) is 2.14. The molecule has 0 bridgehead atoms. The fraction of sp³-hybridized carbons (Fsp3) is 0.333. The molecule has 0 aliphatic carbocycles. The van der Waals surface area contributed by atoms with Crippen molar-refractivity contribution in [2.24, 2.45) is 0 Å². The van der Waals surface area contributed by atoms with E-state index in [9.17, 15) is 0 Å². The van der Waals surface area contributed by atoms with Crippen LogP contribution in [-0.2, 0) is 0 Å². The normalized spacial score (nSPS) is 10.6. The first-order valence-electron chi connectivity index (χ1n) is 6.78. The molecule has 3 N–H and O–H groups in total. The summed E-state index contributed by atoms with van der Waals surface area (Å²) in [5.41, 5.74) is 5.51. The van der Waals surface area contributed by atoms with Gasteiger partial charge in [0.1, 0.15) is 0 Å². The second-order valence-corrected chi connectivity index (χ2v) is 5.56. The van der Waals surface area contributed by atoms with Crippen LogP contribution >= 0.6 is 0 Å². The van der Waals surface area contributed by atoms with E-state index >= 15 is 0 Å². The standard InChI is InChI=1S/C18H22.H3N/c1-13(2)16-10-17(14(3)4)12-18(11-16)15-8-6-5-7-9-15;/h5-14H,1-4H3;1H3. The van der Waals surface area contributed by atoms with E-state index in [-0.39, 0.29) is 6.15 Å². The van der Waals surface area contributed by atoms with Crippen LogP contribution in [0.3, 0.4) is 0 Å². The predicted octanol–water partition coefficient (Wildman–Crippen LogP) is 5.76. The van der Waals surface area contributed by atoms with Gasteiger partial charge in [-0.3, -0.25) is 0 Å². The third-order valence-electron chi connectivity index (χ3n) is 3.42. The minimum atomic E-state index is 0. The van der Waals surface area contributed by atoms with E-state index in [0.717, 1.165) is 0 Å². The van der Waals surface area contributed by atoms with Gasteiger partial charge in [-0.15, -0.1) is 0 Å². The molecule has 1 nitrogen and oxygen atoms in total. The number of benzene rings is 2. The maximum Gasteiger partial charge on any atom is -0.0178 e. The highest BCUT2D eigenvalue weighted by atomic mass is 14.1. The van der Waals surface area contributed by atoms with E-state index in [1.165, 1.54) is 22.3 Å². The van der Waals surface area contributed by atoms with Crippen LogP contribution in [0.5, 0.6) is 0 Å². The molecule has 2 aromatic carbocycles. The lowest BCUT2D eigenvalue weighted by molar-refractivity contribution is 0.834. The van der Waals surface area contributed by atoms with Crippen molar-refractivity contribution < 1.29 is 0 Å². The summed E-state index contributed by atoms with van der Waals surface area (Å²) < 4.78 is 0. The third kappa shape index (κ3) is 3.68. The van der Waals surface area contributed by atoms with Gasteiger partial charge in [0.15, 0.2) is 0 Å². The minimum absolute atomic E-state index is 0. The van der Waals surface area contributed by atoms with Gasteiger partial charge >= 0.3 is 0 Å². The summed E-state index contributed by atoms with van der Waals surface area (Å²) in [6, 6.07) is 17.6. The summed E-state index contributed by atoms with van der Waals surface area (Å²) >= 11 is 0. The van der Waals surface area contributed by atoms with Crippen LogP contribution in [0.15, 0.2) is 48.5 Å². The Kier molecular flexibility index (Phi) is 5.31. The number of hydrogen-bond acceptors (Lipinski definition) is 1. The van der Waals surface area contributed by atoms with E-state index in [0.29, 0.717) is 11.8 Å². The van der Waals surface area contributed by atoms with Crippen LogP contribution in [0, 0.1) is 0 Å². The molecule has 0 aromatic heterocycles. The van der Waals surface area contributed by atoms with Crippen LogP contribution in [0.1, 0.15) is 50.7 Å². The average molecular weight is 255 g/mol. The average Bonchev–Trinajstić information content (AvgIpc) is 2.39. The highest BCUT2D eigenvalue weighted by Gasteiger charge is 2.08. The largest absolute Gasteiger partial charge is 0.344 e. The van der Waals surface area contributed by atoms with Crippen molar-refractivity contribution in [1.29, 1.82) is 0 Å². The summed E-state index contributed by atoms with van der Waals surface area (Å²) in [5.74, 6) is 1.15. The molecule has 1 heteroatoms. The first-order chi connectivity index (χ1) is 8.58. The minimum Gasteiger partial charge on any atom is -0.344 e. The molecule has 19 heavy (non-hydrogen) atoms. The van der Waals surface area contributed by atoms with Gasteiger partial charge in [-0.25, -0.2) is 0 Å². The molecule has 0 saturated carbocycles. The van der Waals surface area contributed by atoms with Crippen molar-refractivity contribution in [3.8, 4) is 11.1 Å². The zero-order valence-electron chi connectivity index (χ0n) is 12.5. The van der Waals surface area contributed by atoms with Crippen molar-refractivity contribution in [2.75, 3.05) is 0 Å². The second kappa shape index (κ2) is 6.53. The fourth-order valence-electron chi connectivity index (χ4n) is 2.14. The Morgan fingerprint density at radius 3 is 1.53 bits per heavy atom. The molecule has 2 aromatic rings. The zero-order chi connectivity index (χ0) is 13.1. The smallest absolute Gasteiger partial charge is 0.0178 e. The van der Waals surface area contributed by atoms with E-state index in [2.05, 4.69) is 76.2 Å². The van der Waals surface area contributed by atoms with Gasteiger partial charge in [0.25, 0.3) is 0 Å². The Morgan fingerprint density at radius 2 is 1.11 bits per heavy atom. The Bertz CT molecular complexity index is 486. The summed E-state index contributed by atoms with van der Waals surface area (Å²) in [4.78, 5) is 0. The highest BCUT2D eigenvalue weighted by molar-refractivity contribution is 5.65. The van der Waals surface area contributed by atoms with E-state index in [1.54, 1.807) is 0 Å². The topological polar surface area (TPSA) is 35.0 Å². The van der Waals surface area contributed by atoms with Gasteiger partial charge in [-0.05, 0) is 34.1 Å². The molecule has 0 fully saturated rings. The summed E-state index contributed by atoms with van der Waals surface area (Å²) in [6.45, 7) is 9.03. The second-order valence-electron chi connectivity index (χ2n) is 5.56. The van der Waals surface area contributed by atoms with Crippen LogP contribution < -0.4 is 6.15 Å². The number of rotatable bonds is 3. The lowest BCUT2D eigenvalue weighted by Gasteiger charge is -2.14. The summed E-state index contributed by atoms with van der Waals surface area (Å²) in [6.07, 6.45) is 0. The molecule has 102 valence electrons. The van der Waals surface area contributed by atoms with E-state index in [1.807, 2.05) is 0 Å². The molecule has 0 aliphatic rings. The van der Waals surface area contributed by atoms with Gasteiger partial charge < -0.3 is 6.15 Å². The molecular weight excluding hydrogens is 230 g/mol. The van der Waals surface area contributed by atoms with Gasteiger partial charge in [-0.2, -0.15) is 0 Å². The van der Waals surface area contributed by atoms with Gasteiger partial charge in [0.2, 0.25) is 0 Å². The predicted molar refractivity (Wildman–Crippen MR) is 85.1 cm³/mol. The molecule has 0 heterocycles. The van der Waals surface area contributed by atoms with Gasteiger partial charge in [-0.1, -0.05) is 76.2 Å². The Labute approximate surface area is 117 Å². The molecule has 0 atom stereocenters. The molecule has 0 amide bonds. The van der Waals surface area contributed by atoms with Crippen molar-refractivity contribution in [3.63, 3.8) is 0 Å². The molecular formula is C18H25N. The van der Waals surface area contributed by atoms with E-state index in [4.69, 9.17) is 0 Å². The molecule has 0 saturated heterocycles. The van der Waals surface area contributed by atoms with E-state index < -0.39 is 0 Å². The van der Waals surface area contributed by atoms with Crippen molar-refractivity contribution in [1.82, 2.24) is 6.15 Å². The molecule has 0 spiro atoms. The first-order valence-corrected chi connectivity index (χ1v) is 6.78. The summed E-state index contributed by atoms with van der Waals surface area (Å²) in [5, 5.41) is 0. The molecule has 0 aliphatic heterocycles. The third-order valence-corrected chi connectivity index (χ3v) is 3.42. The Balaban J connectivity index is 0.00000180. The first kappa shape index (κ1) is 15.5. The molecule has 2 rings (SSSR count). The highest BCUT2D eigenvalue weighted by Crippen LogP contribution is 2.28. The van der Waals surface area contributed by atoms with Crippen LogP contribution in [0.2, 0.25) is 0 Å². The number of hydrogen-bond donors (Lipinski definition) is 1. The zero-order valence-corrected chi connectivity index (χ0v) is 12.5. The lowest BCUT2D eigenvalue weighted by Crippen LogP contribution is -1.94. The monoisotopic (exact) mass is 255 g/mol. The van der Waals surface area contributed by atoms with Crippen molar-refractivity contribution in [2.45, 2.75) is 39.5 Å². The van der Waals surface area contributed by atoms with Gasteiger partial charge in [0, 0.05) is 0 Å². The quantitative estimate of drug-likeness (QED) is 0.743. The van der Waals surface area contributed by atoms with Crippen LogP contribution in [0.4, 0.5) is 0 Å². The summed E-state index contributed by atoms with van der Waals surface area (Å²) in [7, 11) is 0. The van der Waals surface area contributed by atoms with Crippen LogP contribution in [-0.4, -0.2) is 0 Å². The van der Waals surface area contributed by atoms with Gasteiger partial charge in [0.05, 0.1) is 0 Å². The SMILES string of the molecule is CC(C)c1cc(-c2ccccc2)cc(C(C)C)c1.N. The Hall–Kier alpha value is -1.60. The van der Waals surface area contributed by atoms with Crippen molar-refractivity contribution in [3.05, 3.63) is 59.7 Å². The Morgan fingerprint density at radius 1 is 0.632 bits per heavy atom. The maximum atomic E-state index is 2.35. The maximum absolute atomic E-state index is 2.35. The molecule has 0 unspecified atom stereocenters.